The highest BCUT2D eigenvalue weighted by Crippen LogP contribution is 2.31. The fourth-order valence-corrected chi connectivity index (χ4v) is 2.46. The second-order valence-corrected chi connectivity index (χ2v) is 5.18. The highest BCUT2D eigenvalue weighted by Gasteiger charge is 2.18. The number of carbonyl (C=O) groups excluding carboxylic acids is 1. The molecule has 0 saturated heterocycles. The Hall–Kier alpha value is -2.72. The van der Waals surface area contributed by atoms with E-state index < -0.39 is 0 Å². The number of rotatable bonds is 3. The SMILES string of the molecule is O=C(c1ccccc1)c1cc(Cl)ccc1-n1c(O)ccc1O. The summed E-state index contributed by atoms with van der Waals surface area (Å²) in [7, 11) is 0. The molecule has 22 heavy (non-hydrogen) atoms. The molecule has 3 rings (SSSR count). The minimum Gasteiger partial charge on any atom is -0.494 e. The standard InChI is InChI=1S/C17H12ClNO3/c18-12-6-7-14(19-15(20)8-9-16(19)21)13(10-12)17(22)11-4-2-1-3-5-11/h1-10,20-21H. The third-order valence-electron chi connectivity index (χ3n) is 3.32. The Morgan fingerprint density at radius 1 is 0.909 bits per heavy atom. The van der Waals surface area contributed by atoms with Crippen molar-refractivity contribution in [3.05, 3.63) is 76.8 Å². The molecule has 0 aliphatic carbocycles. The summed E-state index contributed by atoms with van der Waals surface area (Å²) in [6.45, 7) is 0. The maximum absolute atomic E-state index is 12.7. The molecule has 0 aliphatic rings. The number of nitrogens with zero attached hydrogens (tertiary/aromatic N) is 1. The van der Waals surface area contributed by atoms with E-state index >= 15 is 0 Å². The van der Waals surface area contributed by atoms with Crippen molar-refractivity contribution in [1.29, 1.82) is 0 Å². The monoisotopic (exact) mass is 313 g/mol. The normalized spacial score (nSPS) is 10.6. The Morgan fingerprint density at radius 2 is 1.55 bits per heavy atom. The van der Waals surface area contributed by atoms with Crippen molar-refractivity contribution in [2.24, 2.45) is 0 Å². The van der Waals surface area contributed by atoms with Crippen LogP contribution >= 0.6 is 11.6 Å². The second kappa shape index (κ2) is 5.58. The summed E-state index contributed by atoms with van der Waals surface area (Å²) in [4.78, 5) is 12.7. The van der Waals surface area contributed by atoms with E-state index in [-0.39, 0.29) is 17.5 Å². The van der Waals surface area contributed by atoms with Gasteiger partial charge in [0.1, 0.15) is 0 Å². The van der Waals surface area contributed by atoms with Gasteiger partial charge in [-0.25, -0.2) is 0 Å². The number of aromatic nitrogens is 1. The zero-order valence-electron chi connectivity index (χ0n) is 11.4. The predicted octanol–water partition coefficient (Wildman–Crippen LogP) is 3.77. The molecule has 0 bridgehead atoms. The third kappa shape index (κ3) is 2.44. The van der Waals surface area contributed by atoms with Crippen LogP contribution in [0.25, 0.3) is 5.69 Å². The highest BCUT2D eigenvalue weighted by molar-refractivity contribution is 6.31. The molecule has 1 heterocycles. The first-order chi connectivity index (χ1) is 10.6. The van der Waals surface area contributed by atoms with Gasteiger partial charge in [-0.05, 0) is 18.2 Å². The summed E-state index contributed by atoms with van der Waals surface area (Å²) in [6.07, 6.45) is 0. The second-order valence-electron chi connectivity index (χ2n) is 4.74. The first-order valence-electron chi connectivity index (χ1n) is 6.57. The molecule has 0 saturated carbocycles. The van der Waals surface area contributed by atoms with Gasteiger partial charge in [0.05, 0.1) is 5.69 Å². The molecule has 110 valence electrons. The van der Waals surface area contributed by atoms with Gasteiger partial charge < -0.3 is 10.2 Å². The van der Waals surface area contributed by atoms with E-state index in [1.165, 1.54) is 22.8 Å². The molecule has 0 spiro atoms. The summed E-state index contributed by atoms with van der Waals surface area (Å²) in [5, 5.41) is 20.2. The fourth-order valence-electron chi connectivity index (χ4n) is 2.29. The van der Waals surface area contributed by atoms with Gasteiger partial charge in [-0.2, -0.15) is 0 Å². The maximum atomic E-state index is 12.7. The quantitative estimate of drug-likeness (QED) is 0.723. The Bertz CT molecular complexity index is 821. The Balaban J connectivity index is 2.20. The van der Waals surface area contributed by atoms with E-state index in [9.17, 15) is 15.0 Å². The van der Waals surface area contributed by atoms with Crippen LogP contribution in [0.5, 0.6) is 11.8 Å². The average Bonchev–Trinajstić information content (AvgIpc) is 2.86. The van der Waals surface area contributed by atoms with Crippen molar-refractivity contribution in [3.8, 4) is 17.4 Å². The van der Waals surface area contributed by atoms with Gasteiger partial charge in [0, 0.05) is 28.3 Å². The molecule has 1 aromatic heterocycles. The van der Waals surface area contributed by atoms with E-state index in [1.54, 1.807) is 36.4 Å². The highest BCUT2D eigenvalue weighted by atomic mass is 35.5. The molecular weight excluding hydrogens is 302 g/mol. The summed E-state index contributed by atoms with van der Waals surface area (Å²) in [5.41, 5.74) is 1.15. The van der Waals surface area contributed by atoms with E-state index in [4.69, 9.17) is 11.6 Å². The van der Waals surface area contributed by atoms with Crippen LogP contribution in [0.15, 0.2) is 60.7 Å². The molecule has 0 fully saturated rings. The number of aromatic hydroxyl groups is 2. The summed E-state index contributed by atoms with van der Waals surface area (Å²) in [6, 6.07) is 16.1. The van der Waals surface area contributed by atoms with Crippen LogP contribution in [0.4, 0.5) is 0 Å². The molecule has 0 aliphatic heterocycles. The molecule has 2 N–H and O–H groups in total. The van der Waals surface area contributed by atoms with Crippen molar-refractivity contribution in [3.63, 3.8) is 0 Å². The van der Waals surface area contributed by atoms with Gasteiger partial charge in [-0.15, -0.1) is 0 Å². The molecular formula is C17H12ClNO3. The minimum atomic E-state index is -0.245. The van der Waals surface area contributed by atoms with Gasteiger partial charge in [0.15, 0.2) is 17.5 Å². The van der Waals surface area contributed by atoms with Gasteiger partial charge in [0.2, 0.25) is 0 Å². The maximum Gasteiger partial charge on any atom is 0.198 e. The van der Waals surface area contributed by atoms with Crippen molar-refractivity contribution < 1.29 is 15.0 Å². The van der Waals surface area contributed by atoms with Crippen LogP contribution in [-0.2, 0) is 0 Å². The number of carbonyl (C=O) groups is 1. The van der Waals surface area contributed by atoms with Gasteiger partial charge in [0.25, 0.3) is 0 Å². The molecule has 0 radical (unpaired) electrons. The lowest BCUT2D eigenvalue weighted by molar-refractivity contribution is 0.103. The fraction of sp³-hybridized carbons (Fsp3) is 0. The topological polar surface area (TPSA) is 62.5 Å². The summed E-state index contributed by atoms with van der Waals surface area (Å²) in [5.74, 6) is -0.575. The first kappa shape index (κ1) is 14.2. The van der Waals surface area contributed by atoms with Crippen LogP contribution in [0.3, 0.4) is 0 Å². The van der Waals surface area contributed by atoms with Gasteiger partial charge in [-0.1, -0.05) is 41.9 Å². The number of hydrogen-bond donors (Lipinski definition) is 2. The van der Waals surface area contributed by atoms with Crippen molar-refractivity contribution in [1.82, 2.24) is 4.57 Å². The van der Waals surface area contributed by atoms with Crippen LogP contribution in [-0.4, -0.2) is 20.6 Å². The van der Waals surface area contributed by atoms with Crippen LogP contribution in [0.1, 0.15) is 15.9 Å². The number of benzene rings is 2. The smallest absolute Gasteiger partial charge is 0.198 e. The molecule has 2 aromatic carbocycles. The van der Waals surface area contributed by atoms with Gasteiger partial charge >= 0.3 is 0 Å². The molecule has 0 unspecified atom stereocenters. The van der Waals surface area contributed by atoms with E-state index in [0.717, 1.165) is 0 Å². The molecule has 3 aromatic rings. The first-order valence-corrected chi connectivity index (χ1v) is 6.95. The number of halogens is 1. The van der Waals surface area contributed by atoms with Crippen LogP contribution < -0.4 is 0 Å². The predicted molar refractivity (Wildman–Crippen MR) is 84.0 cm³/mol. The summed E-state index contributed by atoms with van der Waals surface area (Å²) >= 11 is 6.00. The lowest BCUT2D eigenvalue weighted by Gasteiger charge is -2.12. The molecule has 0 atom stereocenters. The molecule has 5 heteroatoms. The van der Waals surface area contributed by atoms with E-state index in [1.807, 2.05) is 6.07 Å². The Morgan fingerprint density at radius 3 is 2.18 bits per heavy atom. The largest absolute Gasteiger partial charge is 0.494 e. The van der Waals surface area contributed by atoms with Crippen LogP contribution in [0, 0.1) is 0 Å². The third-order valence-corrected chi connectivity index (χ3v) is 3.55. The Kier molecular flexibility index (Phi) is 3.61. The summed E-state index contributed by atoms with van der Waals surface area (Å²) < 4.78 is 1.19. The average molecular weight is 314 g/mol. The Labute approximate surface area is 131 Å². The van der Waals surface area contributed by atoms with Gasteiger partial charge in [-0.3, -0.25) is 9.36 Å². The van der Waals surface area contributed by atoms with Crippen molar-refractivity contribution in [2.75, 3.05) is 0 Å². The number of ketones is 1. The van der Waals surface area contributed by atoms with E-state index in [2.05, 4.69) is 0 Å². The lowest BCUT2D eigenvalue weighted by Crippen LogP contribution is -2.07. The molecule has 0 amide bonds. The molecule has 4 nitrogen and oxygen atoms in total. The van der Waals surface area contributed by atoms with Crippen molar-refractivity contribution >= 4 is 17.4 Å². The lowest BCUT2D eigenvalue weighted by atomic mass is 10.0. The minimum absolute atomic E-state index is 0.165. The van der Waals surface area contributed by atoms with Crippen molar-refractivity contribution in [2.45, 2.75) is 0 Å². The zero-order chi connectivity index (χ0) is 15.7. The number of hydrogen-bond acceptors (Lipinski definition) is 3. The zero-order valence-corrected chi connectivity index (χ0v) is 12.2. The van der Waals surface area contributed by atoms with Crippen LogP contribution in [0.2, 0.25) is 5.02 Å². The van der Waals surface area contributed by atoms with E-state index in [0.29, 0.717) is 21.8 Å².